The Bertz CT molecular complexity index is 890. The first-order chi connectivity index (χ1) is 14.2. The lowest BCUT2D eigenvalue weighted by atomic mass is 9.98. The molecule has 0 aliphatic heterocycles. The van der Waals surface area contributed by atoms with Gasteiger partial charge in [0, 0.05) is 6.42 Å². The molecule has 0 aliphatic carbocycles. The minimum Gasteiger partial charge on any atom is -0.497 e. The van der Waals surface area contributed by atoms with Gasteiger partial charge in [-0.2, -0.15) is 0 Å². The van der Waals surface area contributed by atoms with E-state index in [-0.39, 0.29) is 11.9 Å². The van der Waals surface area contributed by atoms with Gasteiger partial charge in [0.05, 0.1) is 20.3 Å². The van der Waals surface area contributed by atoms with Gasteiger partial charge in [0.25, 0.3) is 0 Å². The molecule has 29 heavy (non-hydrogen) atoms. The molecule has 1 amide bonds. The first kappa shape index (κ1) is 20.5. The summed E-state index contributed by atoms with van der Waals surface area (Å²) in [5.74, 6) is 1.66. The van der Waals surface area contributed by atoms with Crippen LogP contribution in [0.15, 0.2) is 78.9 Å². The number of ether oxygens (including phenoxy) is 2. The molecule has 0 aromatic heterocycles. The van der Waals surface area contributed by atoms with Gasteiger partial charge in [-0.3, -0.25) is 4.79 Å². The number of amides is 1. The van der Waals surface area contributed by atoms with Gasteiger partial charge in [-0.05, 0) is 53.8 Å². The van der Waals surface area contributed by atoms with E-state index in [1.54, 1.807) is 14.2 Å². The summed E-state index contributed by atoms with van der Waals surface area (Å²) in [7, 11) is 3.30. The van der Waals surface area contributed by atoms with Crippen LogP contribution in [0.1, 0.15) is 29.2 Å². The smallest absolute Gasteiger partial charge is 0.220 e. The Balaban J connectivity index is 1.71. The quantitative estimate of drug-likeness (QED) is 0.575. The van der Waals surface area contributed by atoms with E-state index < -0.39 is 0 Å². The van der Waals surface area contributed by atoms with Crippen LogP contribution in [0.5, 0.6) is 11.5 Å². The number of methoxy groups -OCH3 is 2. The average molecular weight is 389 g/mol. The predicted molar refractivity (Wildman–Crippen MR) is 115 cm³/mol. The standard InChI is InChI=1S/C25H27NO3/c1-28-22-13-8-20(9-14-22)18-24(21-11-15-23(29-2)16-12-21)26-25(27)17-10-19-6-4-3-5-7-19/h3-9,11-16,24H,10,17-18H2,1-2H3,(H,26,27). The van der Waals surface area contributed by atoms with Crippen LogP contribution in [0.4, 0.5) is 0 Å². The lowest BCUT2D eigenvalue weighted by molar-refractivity contribution is -0.121. The van der Waals surface area contributed by atoms with E-state index in [4.69, 9.17) is 9.47 Å². The molecule has 150 valence electrons. The summed E-state index contributed by atoms with van der Waals surface area (Å²) in [4.78, 5) is 12.7. The maximum absolute atomic E-state index is 12.7. The predicted octanol–water partition coefficient (Wildman–Crippen LogP) is 4.74. The fraction of sp³-hybridized carbons (Fsp3) is 0.240. The van der Waals surface area contributed by atoms with E-state index in [2.05, 4.69) is 5.32 Å². The highest BCUT2D eigenvalue weighted by Crippen LogP contribution is 2.23. The zero-order valence-electron chi connectivity index (χ0n) is 16.9. The molecule has 0 fully saturated rings. The SMILES string of the molecule is COc1ccc(CC(NC(=O)CCc2ccccc2)c2ccc(OC)cc2)cc1. The van der Waals surface area contributed by atoms with Gasteiger partial charge in [-0.1, -0.05) is 54.6 Å². The van der Waals surface area contributed by atoms with E-state index in [1.165, 1.54) is 5.56 Å². The van der Waals surface area contributed by atoms with Gasteiger partial charge < -0.3 is 14.8 Å². The highest BCUT2D eigenvalue weighted by molar-refractivity contribution is 5.76. The molecule has 0 heterocycles. The first-order valence-electron chi connectivity index (χ1n) is 9.78. The number of benzene rings is 3. The molecule has 3 aromatic carbocycles. The summed E-state index contributed by atoms with van der Waals surface area (Å²) in [6, 6.07) is 25.8. The Morgan fingerprint density at radius 1 is 0.793 bits per heavy atom. The van der Waals surface area contributed by atoms with Crippen molar-refractivity contribution in [2.75, 3.05) is 14.2 Å². The normalized spacial score (nSPS) is 11.5. The van der Waals surface area contributed by atoms with Gasteiger partial charge in [0.15, 0.2) is 0 Å². The monoisotopic (exact) mass is 389 g/mol. The molecule has 0 bridgehead atoms. The lowest BCUT2D eigenvalue weighted by Gasteiger charge is -2.20. The van der Waals surface area contributed by atoms with Crippen LogP contribution in [0.25, 0.3) is 0 Å². The zero-order chi connectivity index (χ0) is 20.5. The Labute approximate surface area is 172 Å². The van der Waals surface area contributed by atoms with E-state index in [1.807, 2.05) is 78.9 Å². The van der Waals surface area contributed by atoms with Crippen LogP contribution in [0, 0.1) is 0 Å². The molecule has 1 N–H and O–H groups in total. The third kappa shape index (κ3) is 6.11. The Morgan fingerprint density at radius 3 is 1.97 bits per heavy atom. The average Bonchev–Trinajstić information content (AvgIpc) is 2.78. The maximum Gasteiger partial charge on any atom is 0.220 e. The minimum atomic E-state index is -0.113. The summed E-state index contributed by atoms with van der Waals surface area (Å²) >= 11 is 0. The highest BCUT2D eigenvalue weighted by atomic mass is 16.5. The van der Waals surface area contributed by atoms with E-state index in [0.717, 1.165) is 29.0 Å². The molecular weight excluding hydrogens is 362 g/mol. The fourth-order valence-electron chi connectivity index (χ4n) is 3.25. The van der Waals surface area contributed by atoms with Crippen molar-refractivity contribution < 1.29 is 14.3 Å². The van der Waals surface area contributed by atoms with Crippen LogP contribution >= 0.6 is 0 Å². The molecular formula is C25H27NO3. The second-order valence-corrected chi connectivity index (χ2v) is 6.93. The molecule has 4 heteroatoms. The number of nitrogens with one attached hydrogen (secondary N) is 1. The number of aryl methyl sites for hydroxylation is 1. The number of hydrogen-bond acceptors (Lipinski definition) is 3. The second kappa shape index (κ2) is 10.3. The molecule has 3 aromatic rings. The van der Waals surface area contributed by atoms with Crippen molar-refractivity contribution in [2.45, 2.75) is 25.3 Å². The van der Waals surface area contributed by atoms with E-state index >= 15 is 0 Å². The number of rotatable bonds is 9. The van der Waals surface area contributed by atoms with Crippen LogP contribution in [0.2, 0.25) is 0 Å². The minimum absolute atomic E-state index is 0.0446. The molecule has 4 nitrogen and oxygen atoms in total. The molecule has 0 spiro atoms. The molecule has 1 atom stereocenters. The Hall–Kier alpha value is -3.27. The number of hydrogen-bond donors (Lipinski definition) is 1. The number of carbonyl (C=O) groups is 1. The van der Waals surface area contributed by atoms with Crippen molar-refractivity contribution >= 4 is 5.91 Å². The van der Waals surface area contributed by atoms with Crippen molar-refractivity contribution in [2.24, 2.45) is 0 Å². The van der Waals surface area contributed by atoms with Gasteiger partial charge in [-0.15, -0.1) is 0 Å². The van der Waals surface area contributed by atoms with Crippen molar-refractivity contribution in [1.82, 2.24) is 5.32 Å². The molecule has 3 rings (SSSR count). The van der Waals surface area contributed by atoms with Crippen molar-refractivity contribution in [3.8, 4) is 11.5 Å². The highest BCUT2D eigenvalue weighted by Gasteiger charge is 2.16. The zero-order valence-corrected chi connectivity index (χ0v) is 16.9. The van der Waals surface area contributed by atoms with Gasteiger partial charge >= 0.3 is 0 Å². The largest absolute Gasteiger partial charge is 0.497 e. The van der Waals surface area contributed by atoms with Crippen LogP contribution in [-0.2, 0) is 17.6 Å². The van der Waals surface area contributed by atoms with Gasteiger partial charge in [-0.25, -0.2) is 0 Å². The lowest BCUT2D eigenvalue weighted by Crippen LogP contribution is -2.30. The first-order valence-corrected chi connectivity index (χ1v) is 9.78. The van der Waals surface area contributed by atoms with Crippen LogP contribution < -0.4 is 14.8 Å². The third-order valence-corrected chi connectivity index (χ3v) is 4.94. The van der Waals surface area contributed by atoms with Gasteiger partial charge in [0.1, 0.15) is 11.5 Å². The van der Waals surface area contributed by atoms with Crippen molar-refractivity contribution in [3.05, 3.63) is 95.6 Å². The second-order valence-electron chi connectivity index (χ2n) is 6.93. The van der Waals surface area contributed by atoms with Crippen molar-refractivity contribution in [3.63, 3.8) is 0 Å². The Morgan fingerprint density at radius 2 is 1.38 bits per heavy atom. The summed E-state index contributed by atoms with van der Waals surface area (Å²) < 4.78 is 10.5. The van der Waals surface area contributed by atoms with E-state index in [0.29, 0.717) is 12.8 Å². The van der Waals surface area contributed by atoms with Crippen LogP contribution in [-0.4, -0.2) is 20.1 Å². The molecule has 0 radical (unpaired) electrons. The topological polar surface area (TPSA) is 47.6 Å². The molecule has 0 saturated carbocycles. The summed E-state index contributed by atoms with van der Waals surface area (Å²) in [5, 5.41) is 3.21. The van der Waals surface area contributed by atoms with Crippen molar-refractivity contribution in [1.29, 1.82) is 0 Å². The maximum atomic E-state index is 12.7. The summed E-state index contributed by atoms with van der Waals surface area (Å²) in [6.45, 7) is 0. The summed E-state index contributed by atoms with van der Waals surface area (Å²) in [5.41, 5.74) is 3.35. The molecule has 1 unspecified atom stereocenters. The third-order valence-electron chi connectivity index (χ3n) is 4.94. The fourth-order valence-corrected chi connectivity index (χ4v) is 3.25. The molecule has 0 aliphatic rings. The van der Waals surface area contributed by atoms with Gasteiger partial charge in [0.2, 0.25) is 5.91 Å². The molecule has 0 saturated heterocycles. The Kier molecular flexibility index (Phi) is 7.28. The number of carbonyl (C=O) groups excluding carboxylic acids is 1. The summed E-state index contributed by atoms with van der Waals surface area (Å²) in [6.07, 6.45) is 1.89. The van der Waals surface area contributed by atoms with Crippen LogP contribution in [0.3, 0.4) is 0 Å². The van der Waals surface area contributed by atoms with E-state index in [9.17, 15) is 4.79 Å².